The van der Waals surface area contributed by atoms with Crippen molar-refractivity contribution in [2.45, 2.75) is 22.6 Å². The average Bonchev–Trinajstić information content (AvgIpc) is 3.26. The number of hydrogen-bond acceptors (Lipinski definition) is 6. The normalized spacial score (nSPS) is 15.1. The molecule has 162 valence electrons. The highest BCUT2D eigenvalue weighted by molar-refractivity contribution is 8.03. The van der Waals surface area contributed by atoms with Gasteiger partial charge in [0.2, 0.25) is 10.0 Å². The standard InChI is InChI=1S/C20H28N2O2S3.CH4S/c1-3-7-18(4-2)26-19-8-10-20(11-9-19)27(23,24)22(16-17-25)15-14-21-12-5-6-13-21;1-2/h3-4,7-11,25H,1-2,5-6,12-17H2;2H,1H3/b18-7+;. The minimum Gasteiger partial charge on any atom is -0.302 e. The zero-order chi connectivity index (χ0) is 21.7. The molecule has 2 rings (SSSR count). The van der Waals surface area contributed by atoms with Gasteiger partial charge in [-0.3, -0.25) is 0 Å². The number of likely N-dealkylation sites (tertiary alicyclic amines) is 1. The first-order chi connectivity index (χ1) is 14.0. The van der Waals surface area contributed by atoms with Crippen molar-refractivity contribution in [1.82, 2.24) is 9.21 Å². The van der Waals surface area contributed by atoms with Crippen LogP contribution >= 0.6 is 37.0 Å². The van der Waals surface area contributed by atoms with Crippen LogP contribution < -0.4 is 0 Å². The molecular weight excluding hydrogens is 441 g/mol. The number of allylic oxidation sites excluding steroid dienone is 3. The van der Waals surface area contributed by atoms with Gasteiger partial charge in [-0.25, -0.2) is 8.42 Å². The average molecular weight is 473 g/mol. The highest BCUT2D eigenvalue weighted by atomic mass is 32.2. The van der Waals surface area contributed by atoms with E-state index < -0.39 is 10.0 Å². The monoisotopic (exact) mass is 472 g/mol. The van der Waals surface area contributed by atoms with Crippen molar-refractivity contribution >= 4 is 47.0 Å². The van der Waals surface area contributed by atoms with Gasteiger partial charge < -0.3 is 4.90 Å². The molecule has 0 aliphatic carbocycles. The maximum atomic E-state index is 13.0. The van der Waals surface area contributed by atoms with Gasteiger partial charge in [0.25, 0.3) is 0 Å². The van der Waals surface area contributed by atoms with Crippen molar-refractivity contribution in [1.29, 1.82) is 0 Å². The van der Waals surface area contributed by atoms with Crippen LogP contribution in [0.1, 0.15) is 12.8 Å². The Morgan fingerprint density at radius 1 is 1.17 bits per heavy atom. The minimum absolute atomic E-state index is 0.322. The molecule has 8 heteroatoms. The first kappa shape index (κ1) is 26.4. The summed E-state index contributed by atoms with van der Waals surface area (Å²) in [7, 11) is -3.52. The Morgan fingerprint density at radius 2 is 1.79 bits per heavy atom. The maximum absolute atomic E-state index is 13.0. The zero-order valence-electron chi connectivity index (χ0n) is 17.0. The van der Waals surface area contributed by atoms with Crippen LogP contribution in [0.5, 0.6) is 0 Å². The topological polar surface area (TPSA) is 40.6 Å². The van der Waals surface area contributed by atoms with Gasteiger partial charge in [0, 0.05) is 35.2 Å². The fourth-order valence-corrected chi connectivity index (χ4v) is 5.55. The van der Waals surface area contributed by atoms with E-state index in [0.717, 1.165) is 29.4 Å². The molecule has 1 heterocycles. The van der Waals surface area contributed by atoms with Crippen LogP contribution in [0.4, 0.5) is 0 Å². The zero-order valence-corrected chi connectivity index (χ0v) is 20.5. The molecular formula is C21H32N2O2S4. The quantitative estimate of drug-likeness (QED) is 0.281. The molecule has 0 unspecified atom stereocenters. The number of thiol groups is 2. The van der Waals surface area contributed by atoms with Gasteiger partial charge >= 0.3 is 0 Å². The summed E-state index contributed by atoms with van der Waals surface area (Å²) in [5, 5.41) is 0. The Bertz CT molecular complexity index is 755. The van der Waals surface area contributed by atoms with Crippen LogP contribution in [0.25, 0.3) is 0 Å². The summed E-state index contributed by atoms with van der Waals surface area (Å²) in [6.07, 6.45) is 9.42. The number of hydrogen-bond donors (Lipinski definition) is 2. The summed E-state index contributed by atoms with van der Waals surface area (Å²) in [6.45, 7) is 11.3. The molecule has 1 aliphatic heterocycles. The first-order valence-corrected chi connectivity index (χ1v) is 13.3. The third-order valence-electron chi connectivity index (χ3n) is 4.39. The summed E-state index contributed by atoms with van der Waals surface area (Å²) in [5.41, 5.74) is 0. The third kappa shape index (κ3) is 8.55. The Balaban J connectivity index is 0.00000204. The van der Waals surface area contributed by atoms with Gasteiger partial charge in [-0.05, 0) is 62.5 Å². The largest absolute Gasteiger partial charge is 0.302 e. The number of sulfonamides is 1. The van der Waals surface area contributed by atoms with Crippen LogP contribution in [0.15, 0.2) is 70.3 Å². The molecule has 1 aromatic carbocycles. The molecule has 1 aliphatic rings. The summed E-state index contributed by atoms with van der Waals surface area (Å²) in [4.78, 5) is 4.56. The van der Waals surface area contributed by atoms with Crippen molar-refractivity contribution < 1.29 is 8.42 Å². The third-order valence-corrected chi connectivity index (χ3v) is 7.55. The van der Waals surface area contributed by atoms with Gasteiger partial charge in [0.15, 0.2) is 0 Å². The molecule has 1 saturated heterocycles. The predicted molar refractivity (Wildman–Crippen MR) is 134 cm³/mol. The molecule has 1 fully saturated rings. The van der Waals surface area contributed by atoms with Crippen LogP contribution in [0.2, 0.25) is 0 Å². The highest BCUT2D eigenvalue weighted by Gasteiger charge is 2.25. The lowest BCUT2D eigenvalue weighted by atomic mass is 10.4. The smallest absolute Gasteiger partial charge is 0.243 e. The van der Waals surface area contributed by atoms with Gasteiger partial charge in [0.1, 0.15) is 0 Å². The molecule has 1 aromatic rings. The van der Waals surface area contributed by atoms with Gasteiger partial charge in [0.05, 0.1) is 4.90 Å². The summed E-state index contributed by atoms with van der Waals surface area (Å²) in [5.74, 6) is 0.502. The Kier molecular flexibility index (Phi) is 13.1. The molecule has 0 N–H and O–H groups in total. The van der Waals surface area contributed by atoms with Crippen LogP contribution in [0, 0.1) is 0 Å². The van der Waals surface area contributed by atoms with Crippen LogP contribution in [0.3, 0.4) is 0 Å². The molecule has 0 amide bonds. The Hall–Kier alpha value is -0.640. The minimum atomic E-state index is -3.52. The van der Waals surface area contributed by atoms with E-state index in [-0.39, 0.29) is 0 Å². The molecule has 0 atom stereocenters. The van der Waals surface area contributed by atoms with E-state index >= 15 is 0 Å². The fraction of sp³-hybridized carbons (Fsp3) is 0.429. The number of nitrogens with zero attached hydrogens (tertiary/aromatic N) is 2. The summed E-state index contributed by atoms with van der Waals surface area (Å²) < 4.78 is 27.6. The van der Waals surface area contributed by atoms with Gasteiger partial charge in [-0.15, -0.1) is 0 Å². The van der Waals surface area contributed by atoms with Crippen molar-refractivity contribution in [3.8, 4) is 0 Å². The van der Waals surface area contributed by atoms with Crippen LogP contribution in [-0.2, 0) is 10.0 Å². The second-order valence-electron chi connectivity index (χ2n) is 6.26. The lowest BCUT2D eigenvalue weighted by Crippen LogP contribution is -2.39. The fourth-order valence-electron chi connectivity index (χ4n) is 2.95. The van der Waals surface area contributed by atoms with Crippen molar-refractivity contribution in [3.05, 3.63) is 60.6 Å². The molecule has 0 radical (unpaired) electrons. The van der Waals surface area contributed by atoms with E-state index in [1.807, 2.05) is 18.2 Å². The second kappa shape index (κ2) is 14.4. The summed E-state index contributed by atoms with van der Waals surface area (Å²) >= 11 is 9.30. The van der Waals surface area contributed by atoms with Crippen molar-refractivity contribution in [3.63, 3.8) is 0 Å². The molecule has 4 nitrogen and oxygen atoms in total. The lowest BCUT2D eigenvalue weighted by molar-refractivity contribution is 0.299. The van der Waals surface area contributed by atoms with E-state index in [0.29, 0.717) is 23.7 Å². The van der Waals surface area contributed by atoms with E-state index in [4.69, 9.17) is 0 Å². The molecule has 0 saturated carbocycles. The molecule has 0 spiro atoms. The Morgan fingerprint density at radius 3 is 2.31 bits per heavy atom. The number of thioether (sulfide) groups is 1. The first-order valence-electron chi connectivity index (χ1n) is 9.52. The molecule has 0 bridgehead atoms. The SMILES string of the molecule is C=C/C=C(\C=C)Sc1ccc(S(=O)(=O)N(CCS)CCN2CCCC2)cc1.CS. The number of rotatable bonds is 11. The van der Waals surface area contributed by atoms with E-state index in [2.05, 4.69) is 43.3 Å². The van der Waals surface area contributed by atoms with Crippen molar-refractivity contribution in [2.24, 2.45) is 0 Å². The number of benzene rings is 1. The van der Waals surface area contributed by atoms with Crippen molar-refractivity contribution in [2.75, 3.05) is 44.7 Å². The predicted octanol–water partition coefficient (Wildman–Crippen LogP) is 4.60. The lowest BCUT2D eigenvalue weighted by Gasteiger charge is -2.24. The maximum Gasteiger partial charge on any atom is 0.243 e. The van der Waals surface area contributed by atoms with E-state index in [1.165, 1.54) is 24.6 Å². The highest BCUT2D eigenvalue weighted by Crippen LogP contribution is 2.28. The molecule has 0 aromatic heterocycles. The van der Waals surface area contributed by atoms with E-state index in [1.54, 1.807) is 34.8 Å². The molecule has 29 heavy (non-hydrogen) atoms. The van der Waals surface area contributed by atoms with Crippen LogP contribution in [-0.4, -0.2) is 62.4 Å². The summed E-state index contributed by atoms with van der Waals surface area (Å²) in [6, 6.07) is 7.01. The second-order valence-corrected chi connectivity index (χ2v) is 9.79. The van der Waals surface area contributed by atoms with Gasteiger partial charge in [-0.2, -0.15) is 29.6 Å². The van der Waals surface area contributed by atoms with E-state index in [9.17, 15) is 8.42 Å². The Labute approximate surface area is 192 Å². The van der Waals surface area contributed by atoms with Gasteiger partial charge in [-0.1, -0.05) is 37.1 Å².